The van der Waals surface area contributed by atoms with Crippen molar-refractivity contribution in [2.24, 2.45) is 11.3 Å². The van der Waals surface area contributed by atoms with Crippen molar-refractivity contribution in [2.75, 3.05) is 0 Å². The molecule has 0 saturated heterocycles. The minimum absolute atomic E-state index is 0.194. The third kappa shape index (κ3) is 1.62. The quantitative estimate of drug-likeness (QED) is 0.896. The van der Waals surface area contributed by atoms with E-state index in [1.807, 2.05) is 0 Å². The maximum atomic E-state index is 12.2. The molecule has 2 aromatic rings. The van der Waals surface area contributed by atoms with Crippen LogP contribution in [0.3, 0.4) is 0 Å². The molecule has 20 heavy (non-hydrogen) atoms. The van der Waals surface area contributed by atoms with E-state index in [9.17, 15) is 14.7 Å². The van der Waals surface area contributed by atoms with Gasteiger partial charge in [0, 0.05) is 6.54 Å². The van der Waals surface area contributed by atoms with Gasteiger partial charge in [-0.3, -0.25) is 4.57 Å². The number of carbonyl (C=O) groups is 1. The van der Waals surface area contributed by atoms with Crippen LogP contribution in [-0.2, 0) is 6.54 Å². The summed E-state index contributed by atoms with van der Waals surface area (Å²) in [6, 6.07) is 4.99. The highest BCUT2D eigenvalue weighted by Gasteiger charge is 2.54. The van der Waals surface area contributed by atoms with Crippen molar-refractivity contribution < 1.29 is 9.90 Å². The van der Waals surface area contributed by atoms with E-state index in [-0.39, 0.29) is 16.7 Å². The summed E-state index contributed by atoms with van der Waals surface area (Å²) in [6.45, 7) is 0.654. The second-order valence-electron chi connectivity index (χ2n) is 6.16. The summed E-state index contributed by atoms with van der Waals surface area (Å²) in [7, 11) is 0. The zero-order valence-electron chi connectivity index (χ0n) is 11.1. The van der Waals surface area contributed by atoms with Gasteiger partial charge in [0.1, 0.15) is 0 Å². The number of aromatic nitrogens is 2. The molecule has 0 atom stereocenters. The third-order valence-electron chi connectivity index (χ3n) is 4.83. The molecule has 1 aromatic carbocycles. The van der Waals surface area contributed by atoms with Crippen LogP contribution in [0.2, 0.25) is 0 Å². The fraction of sp³-hybridized carbons (Fsp3) is 0.467. The average molecular weight is 272 g/mol. The highest BCUT2D eigenvalue weighted by Crippen LogP contribution is 2.62. The zero-order valence-corrected chi connectivity index (χ0v) is 11.1. The predicted molar refractivity (Wildman–Crippen MR) is 73.9 cm³/mol. The third-order valence-corrected chi connectivity index (χ3v) is 4.83. The molecule has 2 saturated carbocycles. The maximum absolute atomic E-state index is 12.2. The number of carboxylic acids is 1. The number of carboxylic acid groups (broad SMARTS) is 1. The van der Waals surface area contributed by atoms with Gasteiger partial charge < -0.3 is 10.1 Å². The van der Waals surface area contributed by atoms with Gasteiger partial charge in [-0.1, -0.05) is 6.07 Å². The topological polar surface area (TPSA) is 75.1 Å². The molecule has 2 aliphatic rings. The second kappa shape index (κ2) is 3.75. The number of imidazole rings is 1. The Hall–Kier alpha value is -2.04. The average Bonchev–Trinajstić information content (AvgIpc) is 3.29. The van der Waals surface area contributed by atoms with Crippen molar-refractivity contribution in [3.8, 4) is 0 Å². The van der Waals surface area contributed by atoms with Crippen LogP contribution >= 0.6 is 0 Å². The van der Waals surface area contributed by atoms with Gasteiger partial charge in [-0.05, 0) is 49.1 Å². The van der Waals surface area contributed by atoms with Crippen molar-refractivity contribution >= 4 is 17.0 Å². The normalized spacial score (nSPS) is 20.2. The first kappa shape index (κ1) is 11.8. The van der Waals surface area contributed by atoms with Gasteiger partial charge in [-0.25, -0.2) is 9.59 Å². The van der Waals surface area contributed by atoms with E-state index in [0.29, 0.717) is 17.6 Å². The number of aromatic amines is 1. The summed E-state index contributed by atoms with van der Waals surface area (Å²) in [6.07, 6.45) is 4.82. The number of hydrogen-bond donors (Lipinski definition) is 2. The lowest BCUT2D eigenvalue weighted by Crippen LogP contribution is -2.24. The van der Waals surface area contributed by atoms with Gasteiger partial charge >= 0.3 is 11.7 Å². The van der Waals surface area contributed by atoms with Crippen LogP contribution in [0.5, 0.6) is 0 Å². The van der Waals surface area contributed by atoms with Crippen LogP contribution in [0.25, 0.3) is 11.0 Å². The van der Waals surface area contributed by atoms with Crippen molar-refractivity contribution in [1.29, 1.82) is 0 Å². The fourth-order valence-corrected chi connectivity index (χ4v) is 3.41. The molecule has 5 nitrogen and oxygen atoms in total. The smallest absolute Gasteiger partial charge is 0.337 e. The van der Waals surface area contributed by atoms with E-state index in [1.54, 1.807) is 22.8 Å². The number of fused-ring (bicyclic) bond motifs is 1. The summed E-state index contributed by atoms with van der Waals surface area (Å²) in [5.74, 6) is -0.254. The van der Waals surface area contributed by atoms with Crippen molar-refractivity contribution in [3.63, 3.8) is 0 Å². The number of hydrogen-bond acceptors (Lipinski definition) is 2. The first-order valence-electron chi connectivity index (χ1n) is 7.06. The summed E-state index contributed by atoms with van der Waals surface area (Å²) < 4.78 is 1.64. The molecule has 2 N–H and O–H groups in total. The Bertz CT molecular complexity index is 763. The summed E-state index contributed by atoms with van der Waals surface area (Å²) in [4.78, 5) is 26.3. The van der Waals surface area contributed by atoms with E-state index in [1.165, 1.54) is 12.8 Å². The van der Waals surface area contributed by atoms with E-state index in [2.05, 4.69) is 4.98 Å². The lowest BCUT2D eigenvalue weighted by atomic mass is 10.0. The number of nitrogens with zero attached hydrogens (tertiary/aromatic N) is 1. The Morgan fingerprint density at radius 1 is 1.40 bits per heavy atom. The van der Waals surface area contributed by atoms with Crippen molar-refractivity contribution in [3.05, 3.63) is 34.2 Å². The Morgan fingerprint density at radius 3 is 2.75 bits per heavy atom. The minimum Gasteiger partial charge on any atom is -0.478 e. The van der Waals surface area contributed by atoms with E-state index >= 15 is 0 Å². The highest BCUT2D eigenvalue weighted by atomic mass is 16.4. The van der Waals surface area contributed by atoms with Crippen LogP contribution < -0.4 is 5.69 Å². The Morgan fingerprint density at radius 2 is 2.15 bits per heavy atom. The standard InChI is InChI=1S/C15H16N2O3/c18-13(19)10-2-1-3-11-12(10)17(14(20)16-11)8-15(6-7-15)9-4-5-9/h1-3,9H,4-8H2,(H,16,20)(H,18,19). The molecule has 0 unspecified atom stereocenters. The summed E-state index contributed by atoms with van der Waals surface area (Å²) in [5.41, 5.74) is 1.41. The van der Waals surface area contributed by atoms with Gasteiger partial charge in [-0.2, -0.15) is 0 Å². The molecule has 4 rings (SSSR count). The van der Waals surface area contributed by atoms with Gasteiger partial charge in [0.2, 0.25) is 0 Å². The molecular weight excluding hydrogens is 256 g/mol. The number of nitrogens with one attached hydrogen (secondary N) is 1. The van der Waals surface area contributed by atoms with Gasteiger partial charge in [-0.15, -0.1) is 0 Å². The molecule has 0 aliphatic heterocycles. The molecule has 2 fully saturated rings. The minimum atomic E-state index is -0.986. The first-order valence-corrected chi connectivity index (χ1v) is 7.06. The van der Waals surface area contributed by atoms with Crippen LogP contribution in [-0.4, -0.2) is 20.6 Å². The predicted octanol–water partition coefficient (Wildman–Crippen LogP) is 2.22. The Balaban J connectivity index is 1.87. The van der Waals surface area contributed by atoms with Crippen molar-refractivity contribution in [2.45, 2.75) is 32.2 Å². The first-order chi connectivity index (χ1) is 9.61. The number of H-pyrrole nitrogens is 1. The molecule has 0 radical (unpaired) electrons. The Kier molecular flexibility index (Phi) is 2.20. The van der Waals surface area contributed by atoms with Crippen LogP contribution in [0.15, 0.2) is 23.0 Å². The SMILES string of the molecule is O=C(O)c1cccc2[nH]c(=O)n(CC3(C4CC4)CC3)c12. The van der Waals surface area contributed by atoms with Crippen LogP contribution in [0.4, 0.5) is 0 Å². The van der Waals surface area contributed by atoms with Gasteiger partial charge in [0.05, 0.1) is 16.6 Å². The van der Waals surface area contributed by atoms with E-state index < -0.39 is 5.97 Å². The number of aromatic carboxylic acids is 1. The molecule has 0 spiro atoms. The van der Waals surface area contributed by atoms with E-state index in [0.717, 1.165) is 18.8 Å². The van der Waals surface area contributed by atoms with Crippen LogP contribution in [0, 0.1) is 11.3 Å². The maximum Gasteiger partial charge on any atom is 0.337 e. The molecule has 2 aliphatic carbocycles. The molecule has 0 amide bonds. The van der Waals surface area contributed by atoms with Crippen LogP contribution in [0.1, 0.15) is 36.0 Å². The van der Waals surface area contributed by atoms with Gasteiger partial charge in [0.25, 0.3) is 0 Å². The molecule has 0 bridgehead atoms. The Labute approximate surface area is 115 Å². The van der Waals surface area contributed by atoms with Crippen molar-refractivity contribution in [1.82, 2.24) is 9.55 Å². The van der Waals surface area contributed by atoms with E-state index in [4.69, 9.17) is 0 Å². The lowest BCUT2D eigenvalue weighted by molar-refractivity contribution is 0.0698. The monoisotopic (exact) mass is 272 g/mol. The molecule has 1 heterocycles. The summed E-state index contributed by atoms with van der Waals surface area (Å²) in [5, 5.41) is 9.32. The van der Waals surface area contributed by atoms with Gasteiger partial charge in [0.15, 0.2) is 0 Å². The molecule has 104 valence electrons. The number of para-hydroxylation sites is 1. The highest BCUT2D eigenvalue weighted by molar-refractivity contribution is 6.01. The lowest BCUT2D eigenvalue weighted by Gasteiger charge is -2.15. The second-order valence-corrected chi connectivity index (χ2v) is 6.16. The summed E-state index contributed by atoms with van der Waals surface area (Å²) >= 11 is 0. The largest absolute Gasteiger partial charge is 0.478 e. The number of benzene rings is 1. The molecule has 1 aromatic heterocycles. The number of rotatable bonds is 4. The molecular formula is C15H16N2O3. The molecule has 5 heteroatoms. The fourth-order valence-electron chi connectivity index (χ4n) is 3.41. The zero-order chi connectivity index (χ0) is 13.9.